The fraction of sp³-hybridized carbons (Fsp3) is 0.143. The van der Waals surface area contributed by atoms with Crippen LogP contribution in [0.2, 0.25) is 0 Å². The van der Waals surface area contributed by atoms with Crippen LogP contribution in [0.3, 0.4) is 0 Å². The number of rotatable bonds is 4. The van der Waals surface area contributed by atoms with Crippen molar-refractivity contribution in [2.24, 2.45) is 0 Å². The predicted molar refractivity (Wildman–Crippen MR) is 74.6 cm³/mol. The number of hydrogen-bond acceptors (Lipinski definition) is 4. The van der Waals surface area contributed by atoms with Crippen LogP contribution in [-0.2, 0) is 6.61 Å². The van der Waals surface area contributed by atoms with Crippen LogP contribution in [-0.4, -0.2) is 16.8 Å². The van der Waals surface area contributed by atoms with Gasteiger partial charge in [0.15, 0.2) is 5.78 Å². The van der Waals surface area contributed by atoms with E-state index in [-0.39, 0.29) is 18.3 Å². The highest BCUT2D eigenvalue weighted by Gasteiger charge is 2.11. The third kappa shape index (κ3) is 3.27. The molecule has 0 saturated heterocycles. The Morgan fingerprint density at radius 3 is 2.74 bits per heavy atom. The first-order valence-electron chi connectivity index (χ1n) is 5.71. The Morgan fingerprint density at radius 1 is 1.32 bits per heavy atom. The van der Waals surface area contributed by atoms with E-state index in [0.717, 1.165) is 5.56 Å². The second-order valence-electron chi connectivity index (χ2n) is 4.07. The Morgan fingerprint density at radius 2 is 2.11 bits per heavy atom. The van der Waals surface area contributed by atoms with E-state index >= 15 is 0 Å². The number of thiophene rings is 1. The van der Waals surface area contributed by atoms with Crippen LogP contribution in [0.15, 0.2) is 35.7 Å². The SMILES string of the molecule is CC(=O)c1csc(C(=O)Nc2cccc(CO)c2)c1. The van der Waals surface area contributed by atoms with E-state index in [1.165, 1.54) is 18.3 Å². The lowest BCUT2D eigenvalue weighted by molar-refractivity contribution is 0.101. The van der Waals surface area contributed by atoms with Gasteiger partial charge in [-0.3, -0.25) is 9.59 Å². The molecule has 0 aliphatic rings. The Kier molecular flexibility index (Phi) is 4.09. The molecule has 0 bridgehead atoms. The summed E-state index contributed by atoms with van der Waals surface area (Å²) in [6.45, 7) is 1.39. The van der Waals surface area contributed by atoms with Crippen molar-refractivity contribution in [2.45, 2.75) is 13.5 Å². The Hall–Kier alpha value is -1.98. The normalized spacial score (nSPS) is 10.2. The highest BCUT2D eigenvalue weighted by atomic mass is 32.1. The Bertz CT molecular complexity index is 619. The van der Waals surface area contributed by atoms with E-state index in [1.54, 1.807) is 35.7 Å². The van der Waals surface area contributed by atoms with Crippen LogP contribution in [0.5, 0.6) is 0 Å². The maximum Gasteiger partial charge on any atom is 0.265 e. The van der Waals surface area contributed by atoms with Crippen molar-refractivity contribution < 1.29 is 14.7 Å². The van der Waals surface area contributed by atoms with Crippen molar-refractivity contribution in [3.63, 3.8) is 0 Å². The first-order valence-corrected chi connectivity index (χ1v) is 6.58. The smallest absolute Gasteiger partial charge is 0.265 e. The zero-order chi connectivity index (χ0) is 13.8. The lowest BCUT2D eigenvalue weighted by Gasteiger charge is -2.04. The van der Waals surface area contributed by atoms with Gasteiger partial charge >= 0.3 is 0 Å². The number of Topliss-reactive ketones (excluding diaryl/α,β-unsaturated/α-hetero) is 1. The summed E-state index contributed by atoms with van der Waals surface area (Å²) in [4.78, 5) is 23.6. The van der Waals surface area contributed by atoms with Crippen molar-refractivity contribution >= 4 is 28.7 Å². The zero-order valence-electron chi connectivity index (χ0n) is 10.3. The van der Waals surface area contributed by atoms with E-state index in [4.69, 9.17) is 5.11 Å². The van der Waals surface area contributed by atoms with Crippen LogP contribution in [0.25, 0.3) is 0 Å². The molecule has 1 heterocycles. The molecule has 0 unspecified atom stereocenters. The van der Waals surface area contributed by atoms with Gasteiger partial charge in [0, 0.05) is 16.6 Å². The van der Waals surface area contributed by atoms with Crippen molar-refractivity contribution in [3.8, 4) is 0 Å². The Balaban J connectivity index is 2.13. The summed E-state index contributed by atoms with van der Waals surface area (Å²) in [6, 6.07) is 8.57. The molecule has 0 aliphatic heterocycles. The summed E-state index contributed by atoms with van der Waals surface area (Å²) >= 11 is 1.23. The standard InChI is InChI=1S/C14H13NO3S/c1-9(17)11-6-13(19-8-11)14(18)15-12-4-2-3-10(5-12)7-16/h2-6,8,16H,7H2,1H3,(H,15,18). The maximum absolute atomic E-state index is 12.0. The molecule has 2 N–H and O–H groups in total. The molecule has 0 atom stereocenters. The van der Waals surface area contributed by atoms with Gasteiger partial charge in [0.1, 0.15) is 0 Å². The lowest BCUT2D eigenvalue weighted by atomic mass is 10.2. The molecule has 98 valence electrons. The number of carbonyl (C=O) groups is 2. The second-order valence-corrected chi connectivity index (χ2v) is 4.98. The van der Waals surface area contributed by atoms with Gasteiger partial charge < -0.3 is 10.4 Å². The minimum absolute atomic E-state index is 0.0578. The van der Waals surface area contributed by atoms with Gasteiger partial charge in [-0.1, -0.05) is 12.1 Å². The summed E-state index contributed by atoms with van der Waals surface area (Å²) in [5, 5.41) is 13.4. The molecule has 0 spiro atoms. The molecular weight excluding hydrogens is 262 g/mol. The fourth-order valence-electron chi connectivity index (χ4n) is 1.58. The van der Waals surface area contributed by atoms with Crippen LogP contribution in [0, 0.1) is 0 Å². The molecule has 4 nitrogen and oxygen atoms in total. The average Bonchev–Trinajstić information content (AvgIpc) is 2.89. The molecule has 1 amide bonds. The van der Waals surface area contributed by atoms with Crippen LogP contribution < -0.4 is 5.32 Å². The van der Waals surface area contributed by atoms with Gasteiger partial charge in [-0.2, -0.15) is 0 Å². The molecule has 2 rings (SSSR count). The maximum atomic E-state index is 12.0. The molecule has 19 heavy (non-hydrogen) atoms. The number of amides is 1. The topological polar surface area (TPSA) is 66.4 Å². The number of nitrogens with one attached hydrogen (secondary N) is 1. The van der Waals surface area contributed by atoms with E-state index < -0.39 is 0 Å². The zero-order valence-corrected chi connectivity index (χ0v) is 11.2. The van der Waals surface area contributed by atoms with Crippen molar-refractivity contribution in [3.05, 3.63) is 51.7 Å². The molecule has 0 radical (unpaired) electrons. The molecule has 5 heteroatoms. The van der Waals surface area contributed by atoms with Crippen molar-refractivity contribution in [1.82, 2.24) is 0 Å². The van der Waals surface area contributed by atoms with Crippen LogP contribution in [0.4, 0.5) is 5.69 Å². The highest BCUT2D eigenvalue weighted by molar-refractivity contribution is 7.12. The predicted octanol–water partition coefficient (Wildman–Crippen LogP) is 2.70. The van der Waals surface area contributed by atoms with Gasteiger partial charge in [-0.05, 0) is 30.7 Å². The Labute approximate surface area is 114 Å². The van der Waals surface area contributed by atoms with Gasteiger partial charge in [0.2, 0.25) is 0 Å². The first-order chi connectivity index (χ1) is 9.10. The summed E-state index contributed by atoms with van der Waals surface area (Å²) < 4.78 is 0. The summed E-state index contributed by atoms with van der Waals surface area (Å²) in [5.41, 5.74) is 1.89. The average molecular weight is 275 g/mol. The first kappa shape index (κ1) is 13.5. The number of hydrogen-bond donors (Lipinski definition) is 2. The lowest BCUT2D eigenvalue weighted by Crippen LogP contribution is -2.10. The van der Waals surface area contributed by atoms with Crippen LogP contribution >= 0.6 is 11.3 Å². The molecular formula is C14H13NO3S. The number of ketones is 1. The number of anilines is 1. The molecule has 1 aromatic heterocycles. The fourth-order valence-corrected chi connectivity index (χ4v) is 2.42. The molecule has 0 saturated carbocycles. The van der Waals surface area contributed by atoms with E-state index in [0.29, 0.717) is 16.1 Å². The molecule has 0 aliphatic carbocycles. The number of benzene rings is 1. The van der Waals surface area contributed by atoms with Gasteiger partial charge in [-0.15, -0.1) is 11.3 Å². The largest absolute Gasteiger partial charge is 0.392 e. The number of aliphatic hydroxyl groups is 1. The van der Waals surface area contributed by atoms with E-state index in [9.17, 15) is 9.59 Å². The number of carbonyl (C=O) groups excluding carboxylic acids is 2. The van der Waals surface area contributed by atoms with Crippen LogP contribution in [0.1, 0.15) is 32.5 Å². The minimum atomic E-state index is -0.257. The molecule has 0 fully saturated rings. The van der Waals surface area contributed by atoms with Gasteiger partial charge in [0.05, 0.1) is 11.5 Å². The quantitative estimate of drug-likeness (QED) is 0.843. The van der Waals surface area contributed by atoms with E-state index in [2.05, 4.69) is 5.32 Å². The number of aliphatic hydroxyl groups excluding tert-OH is 1. The third-order valence-corrected chi connectivity index (χ3v) is 3.53. The highest BCUT2D eigenvalue weighted by Crippen LogP contribution is 2.18. The summed E-state index contributed by atoms with van der Waals surface area (Å²) in [7, 11) is 0. The summed E-state index contributed by atoms with van der Waals surface area (Å²) in [6.07, 6.45) is 0. The van der Waals surface area contributed by atoms with Gasteiger partial charge in [-0.25, -0.2) is 0 Å². The minimum Gasteiger partial charge on any atom is -0.392 e. The third-order valence-electron chi connectivity index (χ3n) is 2.60. The van der Waals surface area contributed by atoms with E-state index in [1.807, 2.05) is 0 Å². The molecule has 2 aromatic rings. The second kappa shape index (κ2) is 5.77. The summed E-state index contributed by atoms with van der Waals surface area (Å²) in [5.74, 6) is -0.315. The van der Waals surface area contributed by atoms with Crippen molar-refractivity contribution in [2.75, 3.05) is 5.32 Å². The molecule has 1 aromatic carbocycles. The van der Waals surface area contributed by atoms with Gasteiger partial charge in [0.25, 0.3) is 5.91 Å². The monoisotopic (exact) mass is 275 g/mol. The van der Waals surface area contributed by atoms with Crippen molar-refractivity contribution in [1.29, 1.82) is 0 Å².